The van der Waals surface area contributed by atoms with Gasteiger partial charge in [0.05, 0.1) is 18.6 Å². The molecular formula is C22H20BrNO6S. The molecule has 0 aliphatic carbocycles. The molecule has 1 fully saturated rings. The Bertz CT molecular complexity index is 1020. The van der Waals surface area contributed by atoms with Crippen molar-refractivity contribution in [2.75, 3.05) is 20.3 Å². The van der Waals surface area contributed by atoms with Crippen molar-refractivity contribution in [1.82, 2.24) is 4.90 Å². The lowest BCUT2D eigenvalue weighted by molar-refractivity contribution is -0.145. The second-order valence-corrected chi connectivity index (χ2v) is 8.28. The first kappa shape index (κ1) is 22.9. The number of para-hydroxylation sites is 1. The van der Waals surface area contributed by atoms with Crippen LogP contribution in [0.25, 0.3) is 6.08 Å². The average Bonchev–Trinajstić information content (AvgIpc) is 3.01. The molecule has 3 rings (SSSR count). The highest BCUT2D eigenvalue weighted by molar-refractivity contribution is 9.10. The molecule has 0 radical (unpaired) electrons. The maximum absolute atomic E-state index is 12.7. The Balaban J connectivity index is 1.84. The molecule has 0 atom stereocenters. The smallest absolute Gasteiger partial charge is 0.326 e. The van der Waals surface area contributed by atoms with Crippen LogP contribution in [0.1, 0.15) is 18.1 Å². The van der Waals surface area contributed by atoms with Gasteiger partial charge in [0.15, 0.2) is 11.5 Å². The zero-order chi connectivity index (χ0) is 22.4. The van der Waals surface area contributed by atoms with E-state index in [1.165, 1.54) is 7.11 Å². The molecule has 0 unspecified atom stereocenters. The Hall–Kier alpha value is -2.78. The summed E-state index contributed by atoms with van der Waals surface area (Å²) < 4.78 is 17.2. The molecule has 0 saturated carbocycles. The van der Waals surface area contributed by atoms with Crippen molar-refractivity contribution < 1.29 is 28.6 Å². The molecule has 1 aliphatic rings. The van der Waals surface area contributed by atoms with Crippen LogP contribution in [0.15, 0.2) is 51.8 Å². The van der Waals surface area contributed by atoms with E-state index in [2.05, 4.69) is 15.9 Å². The molecule has 1 heterocycles. The van der Waals surface area contributed by atoms with Gasteiger partial charge in [0, 0.05) is 10.0 Å². The molecule has 1 aliphatic heterocycles. The number of amides is 2. The summed E-state index contributed by atoms with van der Waals surface area (Å²) in [5, 5.41) is -0.524. The molecular weight excluding hydrogens is 486 g/mol. The summed E-state index contributed by atoms with van der Waals surface area (Å²) >= 11 is 4.16. The number of nitrogens with zero attached hydrogens (tertiary/aromatic N) is 1. The number of rotatable bonds is 8. The van der Waals surface area contributed by atoms with Crippen molar-refractivity contribution in [2.24, 2.45) is 0 Å². The SMILES string of the molecule is CCOC(=O)CN1C(=O)S/C(=C\c2cccc(OC)c2OCc2ccc(Br)cc2)C1=O. The van der Waals surface area contributed by atoms with E-state index in [1.54, 1.807) is 31.2 Å². The van der Waals surface area contributed by atoms with Crippen LogP contribution in [0, 0.1) is 0 Å². The van der Waals surface area contributed by atoms with Gasteiger partial charge in [-0.25, -0.2) is 0 Å². The van der Waals surface area contributed by atoms with Gasteiger partial charge in [-0.1, -0.05) is 40.2 Å². The summed E-state index contributed by atoms with van der Waals surface area (Å²) in [6, 6.07) is 13.0. The maximum Gasteiger partial charge on any atom is 0.326 e. The van der Waals surface area contributed by atoms with E-state index >= 15 is 0 Å². The zero-order valence-electron chi connectivity index (χ0n) is 16.9. The first-order valence-corrected chi connectivity index (χ1v) is 11.0. The van der Waals surface area contributed by atoms with E-state index in [-0.39, 0.29) is 11.5 Å². The topological polar surface area (TPSA) is 82.1 Å². The van der Waals surface area contributed by atoms with Gasteiger partial charge in [0.25, 0.3) is 11.1 Å². The van der Waals surface area contributed by atoms with Crippen LogP contribution in [0.2, 0.25) is 0 Å². The van der Waals surface area contributed by atoms with Crippen molar-refractivity contribution in [2.45, 2.75) is 13.5 Å². The Morgan fingerprint density at radius 2 is 1.90 bits per heavy atom. The summed E-state index contributed by atoms with van der Waals surface area (Å²) in [6.45, 7) is 1.71. The van der Waals surface area contributed by atoms with Crippen LogP contribution in [0.4, 0.5) is 4.79 Å². The fraction of sp³-hybridized carbons (Fsp3) is 0.227. The molecule has 0 aromatic heterocycles. The predicted molar refractivity (Wildman–Crippen MR) is 121 cm³/mol. The molecule has 0 bridgehead atoms. The Labute approximate surface area is 192 Å². The van der Waals surface area contributed by atoms with Gasteiger partial charge in [0.2, 0.25) is 0 Å². The lowest BCUT2D eigenvalue weighted by Crippen LogP contribution is -2.34. The number of esters is 1. The lowest BCUT2D eigenvalue weighted by atomic mass is 10.1. The number of hydrogen-bond donors (Lipinski definition) is 0. The number of carbonyl (C=O) groups excluding carboxylic acids is 3. The second-order valence-electron chi connectivity index (χ2n) is 6.37. The van der Waals surface area contributed by atoms with Crippen molar-refractivity contribution in [1.29, 1.82) is 0 Å². The van der Waals surface area contributed by atoms with E-state index in [1.807, 2.05) is 24.3 Å². The first-order valence-electron chi connectivity index (χ1n) is 9.38. The summed E-state index contributed by atoms with van der Waals surface area (Å²) in [7, 11) is 1.53. The Kier molecular flexibility index (Phi) is 7.75. The van der Waals surface area contributed by atoms with Crippen molar-refractivity contribution in [3.63, 3.8) is 0 Å². The predicted octanol–water partition coefficient (Wildman–Crippen LogP) is 4.64. The quantitative estimate of drug-likeness (QED) is 0.381. The summed E-state index contributed by atoms with van der Waals surface area (Å²) in [5.74, 6) is -0.239. The van der Waals surface area contributed by atoms with Crippen LogP contribution < -0.4 is 9.47 Å². The van der Waals surface area contributed by atoms with Gasteiger partial charge in [-0.3, -0.25) is 19.3 Å². The fourth-order valence-electron chi connectivity index (χ4n) is 2.81. The molecule has 2 aromatic carbocycles. The minimum absolute atomic E-state index is 0.174. The molecule has 9 heteroatoms. The number of thioether (sulfide) groups is 1. The van der Waals surface area contributed by atoms with Crippen LogP contribution >= 0.6 is 27.7 Å². The minimum Gasteiger partial charge on any atom is -0.493 e. The minimum atomic E-state index is -0.633. The number of hydrogen-bond acceptors (Lipinski definition) is 7. The van der Waals surface area contributed by atoms with Crippen LogP contribution in [0.5, 0.6) is 11.5 Å². The molecule has 162 valence electrons. The standard InChI is InChI=1S/C22H20BrNO6S/c1-3-29-19(25)12-24-21(26)18(31-22(24)27)11-15-5-4-6-17(28-2)20(15)30-13-14-7-9-16(23)10-8-14/h4-11H,3,12-13H2,1-2H3/b18-11-. The normalized spacial score (nSPS) is 14.8. The molecule has 7 nitrogen and oxygen atoms in total. The monoisotopic (exact) mass is 505 g/mol. The zero-order valence-corrected chi connectivity index (χ0v) is 19.3. The Morgan fingerprint density at radius 3 is 2.58 bits per heavy atom. The van der Waals surface area contributed by atoms with E-state index in [9.17, 15) is 14.4 Å². The molecule has 2 aromatic rings. The maximum atomic E-state index is 12.7. The van der Waals surface area contributed by atoms with Crippen LogP contribution in [-0.4, -0.2) is 42.3 Å². The average molecular weight is 506 g/mol. The van der Waals surface area contributed by atoms with Gasteiger partial charge in [-0.15, -0.1) is 0 Å². The third kappa shape index (κ3) is 5.68. The number of ether oxygens (including phenoxy) is 3. The summed E-state index contributed by atoms with van der Waals surface area (Å²) in [5.41, 5.74) is 1.54. The van der Waals surface area contributed by atoms with Crippen LogP contribution in [-0.2, 0) is 20.9 Å². The number of methoxy groups -OCH3 is 1. The molecule has 0 spiro atoms. The van der Waals surface area contributed by atoms with Crippen LogP contribution in [0.3, 0.4) is 0 Å². The highest BCUT2D eigenvalue weighted by Crippen LogP contribution is 2.37. The lowest BCUT2D eigenvalue weighted by Gasteiger charge is -2.14. The highest BCUT2D eigenvalue weighted by atomic mass is 79.9. The molecule has 2 amide bonds. The van der Waals surface area contributed by atoms with Gasteiger partial charge >= 0.3 is 5.97 Å². The van der Waals surface area contributed by atoms with Crippen molar-refractivity contribution >= 4 is 50.9 Å². The summed E-state index contributed by atoms with van der Waals surface area (Å²) in [4.78, 5) is 37.7. The van der Waals surface area contributed by atoms with Gasteiger partial charge in [0.1, 0.15) is 13.2 Å². The fourth-order valence-corrected chi connectivity index (χ4v) is 3.90. The van der Waals surface area contributed by atoms with Gasteiger partial charge in [-0.2, -0.15) is 0 Å². The molecule has 0 N–H and O–H groups in total. The highest BCUT2D eigenvalue weighted by Gasteiger charge is 2.36. The Morgan fingerprint density at radius 1 is 1.16 bits per heavy atom. The number of carbonyl (C=O) groups is 3. The van der Waals surface area contributed by atoms with E-state index in [0.717, 1.165) is 26.7 Å². The number of imide groups is 1. The van der Waals surface area contributed by atoms with E-state index in [4.69, 9.17) is 14.2 Å². The third-order valence-corrected chi connectivity index (χ3v) is 5.71. The second kappa shape index (κ2) is 10.5. The number of benzene rings is 2. The summed E-state index contributed by atoms with van der Waals surface area (Å²) in [6.07, 6.45) is 1.56. The van der Waals surface area contributed by atoms with Crippen molar-refractivity contribution in [3.8, 4) is 11.5 Å². The molecule has 1 saturated heterocycles. The van der Waals surface area contributed by atoms with Gasteiger partial charge < -0.3 is 14.2 Å². The number of halogens is 1. The molecule has 31 heavy (non-hydrogen) atoms. The largest absolute Gasteiger partial charge is 0.493 e. The van der Waals surface area contributed by atoms with E-state index in [0.29, 0.717) is 23.7 Å². The van der Waals surface area contributed by atoms with Gasteiger partial charge in [-0.05, 0) is 48.5 Å². The third-order valence-electron chi connectivity index (χ3n) is 4.28. The first-order chi connectivity index (χ1) is 14.9. The van der Waals surface area contributed by atoms with E-state index < -0.39 is 23.7 Å². The van der Waals surface area contributed by atoms with Crippen molar-refractivity contribution in [3.05, 3.63) is 63.0 Å².